The van der Waals surface area contributed by atoms with Crippen molar-refractivity contribution in [1.29, 1.82) is 0 Å². The highest BCUT2D eigenvalue weighted by Crippen LogP contribution is 2.14. The maximum Gasteiger partial charge on any atom is 0.422 e. The fourth-order valence-corrected chi connectivity index (χ4v) is 1.28. The predicted molar refractivity (Wildman–Crippen MR) is 60.6 cm³/mol. The first-order chi connectivity index (χ1) is 8.37. The van der Waals surface area contributed by atoms with E-state index < -0.39 is 18.9 Å². The molecule has 0 unspecified atom stereocenters. The summed E-state index contributed by atoms with van der Waals surface area (Å²) in [6, 6.07) is 6.92. The molecule has 0 saturated heterocycles. The second kappa shape index (κ2) is 6.49. The molecular formula is C11H11ClF3NO2. The average Bonchev–Trinajstić information content (AvgIpc) is 2.28. The van der Waals surface area contributed by atoms with Gasteiger partial charge in [-0.05, 0) is 24.1 Å². The summed E-state index contributed by atoms with van der Waals surface area (Å²) in [5.41, 5.74) is 0.913. The monoisotopic (exact) mass is 281 g/mol. The number of nitrogens with one attached hydrogen (secondary N) is 1. The number of amides is 1. The molecule has 18 heavy (non-hydrogen) atoms. The normalized spacial score (nSPS) is 11.1. The van der Waals surface area contributed by atoms with E-state index in [-0.39, 0.29) is 6.54 Å². The van der Waals surface area contributed by atoms with Crippen LogP contribution >= 0.6 is 11.6 Å². The lowest BCUT2D eigenvalue weighted by molar-refractivity contribution is -0.160. The fourth-order valence-electron chi connectivity index (χ4n) is 1.16. The number of ether oxygens (including phenoxy) is 1. The highest BCUT2D eigenvalue weighted by Gasteiger charge is 2.29. The summed E-state index contributed by atoms with van der Waals surface area (Å²) in [5, 5.41) is 2.82. The van der Waals surface area contributed by atoms with Crippen molar-refractivity contribution in [3.8, 4) is 0 Å². The Morgan fingerprint density at radius 1 is 1.28 bits per heavy atom. The first kappa shape index (κ1) is 14.6. The van der Waals surface area contributed by atoms with Crippen LogP contribution in [0.5, 0.6) is 0 Å². The molecule has 0 radical (unpaired) electrons. The Kier molecular flexibility index (Phi) is 5.27. The van der Waals surface area contributed by atoms with Gasteiger partial charge < -0.3 is 10.1 Å². The lowest BCUT2D eigenvalue weighted by atomic mass is 10.1. The fraction of sp³-hybridized carbons (Fsp3) is 0.364. The highest BCUT2D eigenvalue weighted by molar-refractivity contribution is 6.30. The maximum atomic E-state index is 11.7. The maximum absolute atomic E-state index is 11.7. The van der Waals surface area contributed by atoms with Crippen LogP contribution < -0.4 is 5.32 Å². The number of benzene rings is 1. The predicted octanol–water partition coefficient (Wildman–Crippen LogP) is 3.17. The Balaban J connectivity index is 2.21. The summed E-state index contributed by atoms with van der Waals surface area (Å²) in [7, 11) is 0. The SMILES string of the molecule is O=C(NCCc1ccc(Cl)cc1)OCC(F)(F)F. The van der Waals surface area contributed by atoms with Gasteiger partial charge in [0, 0.05) is 11.6 Å². The molecule has 0 fully saturated rings. The summed E-state index contributed by atoms with van der Waals surface area (Å²) < 4.78 is 39.1. The molecule has 1 rings (SSSR count). The van der Waals surface area contributed by atoms with Crippen molar-refractivity contribution in [2.75, 3.05) is 13.2 Å². The number of hydrogen-bond acceptors (Lipinski definition) is 2. The standard InChI is InChI=1S/C11H11ClF3NO2/c12-9-3-1-8(2-4-9)5-6-16-10(17)18-7-11(13,14)15/h1-4H,5-7H2,(H,16,17). The Bertz CT molecular complexity index is 392. The molecular weight excluding hydrogens is 271 g/mol. The smallest absolute Gasteiger partial charge is 0.422 e. The van der Waals surface area contributed by atoms with Crippen LogP contribution in [0.15, 0.2) is 24.3 Å². The largest absolute Gasteiger partial charge is 0.440 e. The molecule has 1 amide bonds. The minimum atomic E-state index is -4.51. The second-order valence-corrected chi connectivity index (χ2v) is 3.93. The zero-order chi connectivity index (χ0) is 13.6. The second-order valence-electron chi connectivity index (χ2n) is 3.49. The molecule has 1 N–H and O–H groups in total. The Labute approximate surface area is 107 Å². The summed E-state index contributed by atoms with van der Waals surface area (Å²) in [4.78, 5) is 10.9. The molecule has 0 spiro atoms. The van der Waals surface area contributed by atoms with E-state index >= 15 is 0 Å². The van der Waals surface area contributed by atoms with Crippen molar-refractivity contribution in [2.45, 2.75) is 12.6 Å². The number of hydrogen-bond donors (Lipinski definition) is 1. The van der Waals surface area contributed by atoms with Gasteiger partial charge in [0.1, 0.15) is 0 Å². The topological polar surface area (TPSA) is 38.3 Å². The Morgan fingerprint density at radius 3 is 2.44 bits per heavy atom. The van der Waals surface area contributed by atoms with Gasteiger partial charge in [-0.25, -0.2) is 4.79 Å². The van der Waals surface area contributed by atoms with Gasteiger partial charge in [-0.1, -0.05) is 23.7 Å². The van der Waals surface area contributed by atoms with Crippen molar-refractivity contribution in [3.05, 3.63) is 34.9 Å². The number of alkyl halides is 3. The van der Waals surface area contributed by atoms with Crippen molar-refractivity contribution in [1.82, 2.24) is 5.32 Å². The third-order valence-corrected chi connectivity index (χ3v) is 2.22. The van der Waals surface area contributed by atoms with Crippen molar-refractivity contribution in [3.63, 3.8) is 0 Å². The minimum absolute atomic E-state index is 0.193. The summed E-state index contributed by atoms with van der Waals surface area (Å²) >= 11 is 5.68. The van der Waals surface area contributed by atoms with Gasteiger partial charge in [-0.15, -0.1) is 0 Å². The van der Waals surface area contributed by atoms with E-state index in [1.807, 2.05) is 0 Å². The first-order valence-electron chi connectivity index (χ1n) is 5.08. The molecule has 0 aromatic heterocycles. The Hall–Kier alpha value is -1.43. The van der Waals surface area contributed by atoms with E-state index in [1.54, 1.807) is 24.3 Å². The molecule has 0 aliphatic carbocycles. The zero-order valence-electron chi connectivity index (χ0n) is 9.26. The molecule has 1 aromatic carbocycles. The quantitative estimate of drug-likeness (QED) is 0.920. The molecule has 0 heterocycles. The van der Waals surface area contributed by atoms with Gasteiger partial charge in [0.2, 0.25) is 0 Å². The molecule has 3 nitrogen and oxygen atoms in total. The lowest BCUT2D eigenvalue weighted by Crippen LogP contribution is -2.30. The number of carbonyl (C=O) groups excluding carboxylic acids is 1. The van der Waals surface area contributed by atoms with E-state index in [0.717, 1.165) is 5.56 Å². The van der Waals surface area contributed by atoms with Crippen LogP contribution in [0.2, 0.25) is 5.02 Å². The number of alkyl carbamates (subject to hydrolysis) is 1. The molecule has 0 saturated carbocycles. The molecule has 0 aliphatic rings. The van der Waals surface area contributed by atoms with E-state index in [2.05, 4.69) is 10.1 Å². The van der Waals surface area contributed by atoms with Crippen LogP contribution in [-0.4, -0.2) is 25.4 Å². The molecule has 0 aliphatic heterocycles. The summed E-state index contributed by atoms with van der Waals surface area (Å²) in [6.45, 7) is -1.39. The van der Waals surface area contributed by atoms with Crippen molar-refractivity contribution < 1.29 is 22.7 Å². The van der Waals surface area contributed by atoms with Crippen molar-refractivity contribution in [2.24, 2.45) is 0 Å². The van der Waals surface area contributed by atoms with Crippen LogP contribution in [0.3, 0.4) is 0 Å². The average molecular weight is 282 g/mol. The number of halogens is 4. The molecule has 1 aromatic rings. The third-order valence-electron chi connectivity index (χ3n) is 1.96. The minimum Gasteiger partial charge on any atom is -0.440 e. The van der Waals surface area contributed by atoms with Gasteiger partial charge in [-0.2, -0.15) is 13.2 Å². The van der Waals surface area contributed by atoms with Crippen LogP contribution in [0, 0.1) is 0 Å². The Morgan fingerprint density at radius 2 is 1.89 bits per heavy atom. The van der Waals surface area contributed by atoms with Gasteiger partial charge in [-0.3, -0.25) is 0 Å². The van der Waals surface area contributed by atoms with Crippen LogP contribution in [0.25, 0.3) is 0 Å². The summed E-state index contributed by atoms with van der Waals surface area (Å²) in [6.07, 6.45) is -5.10. The van der Waals surface area contributed by atoms with E-state index in [0.29, 0.717) is 11.4 Å². The molecule has 7 heteroatoms. The highest BCUT2D eigenvalue weighted by atomic mass is 35.5. The van der Waals surface area contributed by atoms with Gasteiger partial charge in [0.25, 0.3) is 0 Å². The van der Waals surface area contributed by atoms with Gasteiger partial charge in [0.05, 0.1) is 0 Å². The number of carbonyl (C=O) groups is 1. The van der Waals surface area contributed by atoms with Crippen LogP contribution in [-0.2, 0) is 11.2 Å². The first-order valence-corrected chi connectivity index (χ1v) is 5.46. The lowest BCUT2D eigenvalue weighted by Gasteiger charge is -2.09. The van der Waals surface area contributed by atoms with Crippen LogP contribution in [0.4, 0.5) is 18.0 Å². The molecule has 100 valence electrons. The third kappa shape index (κ3) is 6.34. The molecule has 0 bridgehead atoms. The van der Waals surface area contributed by atoms with E-state index in [1.165, 1.54) is 0 Å². The van der Waals surface area contributed by atoms with Gasteiger partial charge in [0.15, 0.2) is 6.61 Å². The van der Waals surface area contributed by atoms with Gasteiger partial charge >= 0.3 is 12.3 Å². The number of rotatable bonds is 4. The molecule has 0 atom stereocenters. The zero-order valence-corrected chi connectivity index (χ0v) is 10.0. The van der Waals surface area contributed by atoms with E-state index in [4.69, 9.17) is 11.6 Å². The van der Waals surface area contributed by atoms with Crippen LogP contribution in [0.1, 0.15) is 5.56 Å². The summed E-state index contributed by atoms with van der Waals surface area (Å²) in [5.74, 6) is 0. The van der Waals surface area contributed by atoms with E-state index in [9.17, 15) is 18.0 Å². The van der Waals surface area contributed by atoms with Crippen molar-refractivity contribution >= 4 is 17.7 Å².